The maximum Gasteiger partial charge on any atom is 0.419 e. The number of carbonyl (C=O) groups excluding carboxylic acids is 1. The fraction of sp³-hybridized carbons (Fsp3) is 0.536. The minimum atomic E-state index is -4.84. The Labute approximate surface area is 219 Å². The van der Waals surface area contributed by atoms with Crippen molar-refractivity contribution in [1.29, 1.82) is 0 Å². The zero-order valence-electron chi connectivity index (χ0n) is 21.5. The standard InChI is InChI=1S/C28H33F4N3O3/c1-37-22-10-9-17(15-23(22)38-2)27-12-11-18(16-24(27)35(14-13-27)19-5-3-6-19)33-26(36)34-21-8-4-7-20(25(21)29)28(30,31)32/h4,7-10,15,18-19,24H,3,5-6,11-14,16H2,1-2H3,(H2,33,34,36)/t18-,24+,27+/m1/s1. The molecule has 206 valence electrons. The summed E-state index contributed by atoms with van der Waals surface area (Å²) in [6.45, 7) is 0.970. The number of likely N-dealkylation sites (tertiary alicyclic amines) is 1. The van der Waals surface area contributed by atoms with Crippen LogP contribution in [0.4, 0.5) is 28.0 Å². The second-order valence-electron chi connectivity index (χ2n) is 10.5. The van der Waals surface area contributed by atoms with Gasteiger partial charge in [0.25, 0.3) is 0 Å². The number of rotatable bonds is 6. The molecule has 3 atom stereocenters. The molecule has 3 fully saturated rings. The van der Waals surface area contributed by atoms with Gasteiger partial charge in [-0.1, -0.05) is 18.6 Å². The van der Waals surface area contributed by atoms with E-state index in [9.17, 15) is 22.4 Å². The number of carbonyl (C=O) groups is 1. The van der Waals surface area contributed by atoms with Crippen LogP contribution in [0.15, 0.2) is 36.4 Å². The average molecular weight is 536 g/mol. The number of nitrogens with zero attached hydrogens (tertiary/aromatic N) is 1. The number of hydrogen-bond donors (Lipinski definition) is 2. The molecule has 3 aliphatic rings. The highest BCUT2D eigenvalue weighted by Crippen LogP contribution is 2.52. The van der Waals surface area contributed by atoms with E-state index >= 15 is 0 Å². The van der Waals surface area contributed by atoms with Crippen LogP contribution >= 0.6 is 0 Å². The second-order valence-corrected chi connectivity index (χ2v) is 10.5. The van der Waals surface area contributed by atoms with Gasteiger partial charge in [0.2, 0.25) is 0 Å². The molecule has 2 aliphatic carbocycles. The lowest BCUT2D eigenvalue weighted by Gasteiger charge is -2.48. The van der Waals surface area contributed by atoms with Gasteiger partial charge in [-0.3, -0.25) is 4.90 Å². The van der Waals surface area contributed by atoms with Crippen LogP contribution in [0.3, 0.4) is 0 Å². The molecule has 0 bridgehead atoms. The average Bonchev–Trinajstić information content (AvgIpc) is 3.22. The highest BCUT2D eigenvalue weighted by molar-refractivity contribution is 5.89. The number of fused-ring (bicyclic) bond motifs is 1. The van der Waals surface area contributed by atoms with Crippen molar-refractivity contribution in [2.75, 3.05) is 26.1 Å². The highest BCUT2D eigenvalue weighted by atomic mass is 19.4. The van der Waals surface area contributed by atoms with Gasteiger partial charge in [-0.2, -0.15) is 13.2 Å². The number of urea groups is 1. The molecule has 38 heavy (non-hydrogen) atoms. The van der Waals surface area contributed by atoms with Crippen LogP contribution in [0, 0.1) is 5.82 Å². The Morgan fingerprint density at radius 2 is 1.82 bits per heavy atom. The zero-order valence-corrected chi connectivity index (χ0v) is 21.5. The third kappa shape index (κ3) is 4.79. The first kappa shape index (κ1) is 26.6. The first-order valence-electron chi connectivity index (χ1n) is 13.1. The molecule has 0 spiro atoms. The number of nitrogens with one attached hydrogen (secondary N) is 2. The van der Waals surface area contributed by atoms with Crippen molar-refractivity contribution in [3.8, 4) is 11.5 Å². The predicted molar refractivity (Wildman–Crippen MR) is 135 cm³/mol. The summed E-state index contributed by atoms with van der Waals surface area (Å²) in [5, 5.41) is 5.19. The van der Waals surface area contributed by atoms with Gasteiger partial charge in [-0.15, -0.1) is 0 Å². The van der Waals surface area contributed by atoms with Gasteiger partial charge in [0, 0.05) is 23.5 Å². The molecule has 6 nitrogen and oxygen atoms in total. The van der Waals surface area contributed by atoms with Crippen LogP contribution in [0.5, 0.6) is 11.5 Å². The lowest BCUT2D eigenvalue weighted by molar-refractivity contribution is -0.139. The Balaban J connectivity index is 1.34. The molecule has 10 heteroatoms. The highest BCUT2D eigenvalue weighted by Gasteiger charge is 2.53. The van der Waals surface area contributed by atoms with Crippen molar-refractivity contribution in [2.45, 2.75) is 74.7 Å². The third-order valence-corrected chi connectivity index (χ3v) is 8.69. The fourth-order valence-electron chi connectivity index (χ4n) is 6.54. The van der Waals surface area contributed by atoms with Crippen LogP contribution in [0.2, 0.25) is 0 Å². The lowest BCUT2D eigenvalue weighted by Crippen LogP contribution is -2.55. The molecule has 1 saturated heterocycles. The lowest BCUT2D eigenvalue weighted by atomic mass is 9.64. The summed E-state index contributed by atoms with van der Waals surface area (Å²) in [6, 6.07) is 8.78. The summed E-state index contributed by atoms with van der Waals surface area (Å²) in [5.74, 6) is -0.131. The molecule has 1 heterocycles. The van der Waals surface area contributed by atoms with Crippen LogP contribution in [-0.2, 0) is 11.6 Å². The van der Waals surface area contributed by atoms with E-state index in [1.165, 1.54) is 12.0 Å². The zero-order chi connectivity index (χ0) is 27.1. The maximum atomic E-state index is 14.4. The number of hydrogen-bond acceptors (Lipinski definition) is 4. The molecule has 2 saturated carbocycles. The number of methoxy groups -OCH3 is 2. The SMILES string of the molecule is COc1ccc([C@@]23CC[C@@H](NC(=O)Nc4cccc(C(F)(F)F)c4F)C[C@@H]2N(C2CCC2)CC3)cc1OC. The van der Waals surface area contributed by atoms with Gasteiger partial charge in [0.1, 0.15) is 0 Å². The first-order valence-corrected chi connectivity index (χ1v) is 13.1. The van der Waals surface area contributed by atoms with E-state index < -0.39 is 29.3 Å². The topological polar surface area (TPSA) is 62.8 Å². The van der Waals surface area contributed by atoms with E-state index in [0.717, 1.165) is 44.4 Å². The van der Waals surface area contributed by atoms with Gasteiger partial charge in [-0.05, 0) is 74.9 Å². The number of alkyl halides is 3. The number of amides is 2. The molecule has 1 aliphatic heterocycles. The van der Waals surface area contributed by atoms with Gasteiger partial charge in [0.05, 0.1) is 25.5 Å². The van der Waals surface area contributed by atoms with E-state index in [-0.39, 0.29) is 17.5 Å². The first-order chi connectivity index (χ1) is 18.2. The largest absolute Gasteiger partial charge is 0.493 e. The molecule has 0 radical (unpaired) electrons. The normalized spacial score (nSPS) is 25.8. The van der Waals surface area contributed by atoms with Crippen molar-refractivity contribution in [3.63, 3.8) is 0 Å². The summed E-state index contributed by atoms with van der Waals surface area (Å²) in [4.78, 5) is 15.3. The van der Waals surface area contributed by atoms with Crippen molar-refractivity contribution < 1.29 is 31.8 Å². The minimum absolute atomic E-state index is 0.100. The van der Waals surface area contributed by atoms with E-state index in [4.69, 9.17) is 9.47 Å². The molecule has 2 aromatic carbocycles. The Kier molecular flexibility index (Phi) is 7.19. The van der Waals surface area contributed by atoms with Crippen molar-refractivity contribution in [3.05, 3.63) is 53.3 Å². The molecule has 2 aromatic rings. The van der Waals surface area contributed by atoms with Crippen LogP contribution in [0.1, 0.15) is 56.1 Å². The molecule has 2 N–H and O–H groups in total. The van der Waals surface area contributed by atoms with Crippen molar-refractivity contribution in [1.82, 2.24) is 10.2 Å². The number of ether oxygens (including phenoxy) is 2. The number of halogens is 4. The molecule has 5 rings (SSSR count). The predicted octanol–water partition coefficient (Wildman–Crippen LogP) is 6.10. The monoisotopic (exact) mass is 535 g/mol. The van der Waals surface area contributed by atoms with Gasteiger partial charge in [-0.25, -0.2) is 9.18 Å². The molecule has 0 unspecified atom stereocenters. The fourth-order valence-corrected chi connectivity index (χ4v) is 6.54. The molecule has 2 amide bonds. The van der Waals surface area contributed by atoms with Gasteiger partial charge < -0.3 is 20.1 Å². The molecular weight excluding hydrogens is 502 g/mol. The maximum absolute atomic E-state index is 14.4. The van der Waals surface area contributed by atoms with E-state index in [0.29, 0.717) is 36.4 Å². The number of benzene rings is 2. The van der Waals surface area contributed by atoms with Crippen LogP contribution in [-0.4, -0.2) is 49.8 Å². The van der Waals surface area contributed by atoms with Crippen molar-refractivity contribution >= 4 is 11.7 Å². The summed E-state index contributed by atoms with van der Waals surface area (Å²) in [6.07, 6.45) is 1.91. The van der Waals surface area contributed by atoms with Crippen LogP contribution in [0.25, 0.3) is 0 Å². The molecule has 0 aromatic heterocycles. The summed E-state index contributed by atoms with van der Waals surface area (Å²) in [7, 11) is 3.23. The van der Waals surface area contributed by atoms with E-state index in [1.807, 2.05) is 6.07 Å². The Morgan fingerprint density at radius 3 is 2.47 bits per heavy atom. The quantitative estimate of drug-likeness (QED) is 0.439. The summed E-state index contributed by atoms with van der Waals surface area (Å²) in [5.41, 5.74) is -0.813. The third-order valence-electron chi connectivity index (χ3n) is 8.69. The van der Waals surface area contributed by atoms with E-state index in [1.54, 1.807) is 14.2 Å². The number of anilines is 1. The molecular formula is C28H33F4N3O3. The minimum Gasteiger partial charge on any atom is -0.493 e. The Morgan fingerprint density at radius 1 is 1.05 bits per heavy atom. The smallest absolute Gasteiger partial charge is 0.419 e. The van der Waals surface area contributed by atoms with Crippen LogP contribution < -0.4 is 20.1 Å². The second kappa shape index (κ2) is 10.3. The summed E-state index contributed by atoms with van der Waals surface area (Å²) < 4.78 is 64.7. The van der Waals surface area contributed by atoms with Crippen molar-refractivity contribution in [2.24, 2.45) is 0 Å². The van der Waals surface area contributed by atoms with Gasteiger partial charge >= 0.3 is 12.2 Å². The van der Waals surface area contributed by atoms with E-state index in [2.05, 4.69) is 27.7 Å². The van der Waals surface area contributed by atoms with Gasteiger partial charge in [0.15, 0.2) is 17.3 Å². The summed E-state index contributed by atoms with van der Waals surface area (Å²) >= 11 is 0. The Hall–Kier alpha value is -3.01. The Bertz CT molecular complexity index is 1190.